The molecular weight excluding hydrogens is 340 g/mol. The summed E-state index contributed by atoms with van der Waals surface area (Å²) in [5.41, 5.74) is 3.86. The van der Waals surface area contributed by atoms with Crippen LogP contribution in [0.5, 0.6) is 5.75 Å². The fourth-order valence-electron chi connectivity index (χ4n) is 3.12. The Hall–Kier alpha value is -2.79. The maximum Gasteiger partial charge on any atom is 0.287 e. The van der Waals surface area contributed by atoms with Gasteiger partial charge >= 0.3 is 0 Å². The highest BCUT2D eigenvalue weighted by Gasteiger charge is 2.18. The summed E-state index contributed by atoms with van der Waals surface area (Å²) < 4.78 is 11.3. The van der Waals surface area contributed by atoms with Crippen molar-refractivity contribution in [3.63, 3.8) is 0 Å². The standard InChI is InChI=1S/C22H26N2O3/c1-5-26-18-10-11-20-19(12-18)15(2)21(27-20)22(25)23-13-16-6-8-17(9-7-16)14-24(3)4/h6-12H,5,13-14H2,1-4H3,(H,23,25)/p+1. The summed E-state index contributed by atoms with van der Waals surface area (Å²) in [5.74, 6) is 0.926. The van der Waals surface area contributed by atoms with Crippen LogP contribution in [0.4, 0.5) is 0 Å². The van der Waals surface area contributed by atoms with Crippen LogP contribution in [0.2, 0.25) is 0 Å². The first kappa shape index (κ1) is 19.0. The van der Waals surface area contributed by atoms with Gasteiger partial charge in [0.15, 0.2) is 5.76 Å². The third kappa shape index (κ3) is 4.49. The van der Waals surface area contributed by atoms with Crippen LogP contribution in [0, 0.1) is 6.92 Å². The third-order valence-corrected chi connectivity index (χ3v) is 4.46. The van der Waals surface area contributed by atoms with Gasteiger partial charge in [0.2, 0.25) is 0 Å². The van der Waals surface area contributed by atoms with Crippen molar-refractivity contribution < 1.29 is 18.8 Å². The molecule has 5 nitrogen and oxygen atoms in total. The number of quaternary nitrogens is 1. The summed E-state index contributed by atoms with van der Waals surface area (Å²) in [4.78, 5) is 14.0. The molecule has 1 amide bonds. The van der Waals surface area contributed by atoms with Crippen molar-refractivity contribution >= 4 is 16.9 Å². The first-order chi connectivity index (χ1) is 13.0. The van der Waals surface area contributed by atoms with E-state index >= 15 is 0 Å². The second kappa shape index (κ2) is 8.27. The smallest absolute Gasteiger partial charge is 0.287 e. The largest absolute Gasteiger partial charge is 0.494 e. The highest BCUT2D eigenvalue weighted by molar-refractivity contribution is 5.99. The van der Waals surface area contributed by atoms with Crippen molar-refractivity contribution in [3.05, 3.63) is 64.9 Å². The molecular formula is C22H27N2O3+. The van der Waals surface area contributed by atoms with Crippen molar-refractivity contribution in [1.82, 2.24) is 5.32 Å². The van der Waals surface area contributed by atoms with Crippen LogP contribution in [0.1, 0.15) is 34.2 Å². The topological polar surface area (TPSA) is 55.9 Å². The Balaban J connectivity index is 1.69. The number of aryl methyl sites for hydroxylation is 1. The number of ether oxygens (including phenoxy) is 1. The number of benzene rings is 2. The molecule has 1 heterocycles. The highest BCUT2D eigenvalue weighted by atomic mass is 16.5. The summed E-state index contributed by atoms with van der Waals surface area (Å²) in [7, 11) is 4.25. The van der Waals surface area contributed by atoms with Gasteiger partial charge in [0.1, 0.15) is 17.9 Å². The number of hydrogen-bond donors (Lipinski definition) is 2. The molecule has 27 heavy (non-hydrogen) atoms. The van der Waals surface area contributed by atoms with Crippen molar-refractivity contribution in [3.8, 4) is 5.75 Å². The predicted octanol–water partition coefficient (Wildman–Crippen LogP) is 2.71. The lowest BCUT2D eigenvalue weighted by molar-refractivity contribution is -0.872. The van der Waals surface area contributed by atoms with E-state index in [0.29, 0.717) is 24.5 Å². The van der Waals surface area contributed by atoms with Crippen molar-refractivity contribution in [2.75, 3.05) is 20.7 Å². The second-order valence-electron chi connectivity index (χ2n) is 7.03. The molecule has 142 valence electrons. The molecule has 0 bridgehead atoms. The van der Waals surface area contributed by atoms with E-state index in [-0.39, 0.29) is 5.91 Å². The molecule has 2 aromatic carbocycles. The third-order valence-electron chi connectivity index (χ3n) is 4.46. The Bertz CT molecular complexity index is 927. The van der Waals surface area contributed by atoms with E-state index in [0.717, 1.165) is 28.8 Å². The van der Waals surface area contributed by atoms with Gasteiger partial charge in [-0.2, -0.15) is 0 Å². The molecule has 5 heteroatoms. The van der Waals surface area contributed by atoms with Gasteiger partial charge in [-0.1, -0.05) is 24.3 Å². The summed E-state index contributed by atoms with van der Waals surface area (Å²) in [6.45, 7) is 5.89. The first-order valence-electron chi connectivity index (χ1n) is 9.29. The lowest BCUT2D eigenvalue weighted by Crippen LogP contribution is -3.04. The number of amides is 1. The number of carbonyl (C=O) groups excluding carboxylic acids is 1. The molecule has 0 saturated carbocycles. The molecule has 1 aromatic heterocycles. The molecule has 0 aliphatic rings. The molecule has 0 fully saturated rings. The molecule has 0 atom stereocenters. The molecule has 2 N–H and O–H groups in total. The molecule has 0 unspecified atom stereocenters. The number of furan rings is 1. The molecule has 0 aliphatic carbocycles. The average Bonchev–Trinajstić information content (AvgIpc) is 2.97. The quantitative estimate of drug-likeness (QED) is 0.675. The minimum absolute atomic E-state index is 0.205. The minimum atomic E-state index is -0.205. The van der Waals surface area contributed by atoms with E-state index in [4.69, 9.17) is 9.15 Å². The Labute approximate surface area is 159 Å². The van der Waals surface area contributed by atoms with Gasteiger partial charge < -0.3 is 19.4 Å². The van der Waals surface area contributed by atoms with Gasteiger partial charge in [-0.05, 0) is 37.6 Å². The summed E-state index contributed by atoms with van der Waals surface area (Å²) in [6.07, 6.45) is 0. The Morgan fingerprint density at radius 1 is 1.11 bits per heavy atom. The second-order valence-corrected chi connectivity index (χ2v) is 7.03. The Kier molecular flexibility index (Phi) is 5.81. The van der Waals surface area contributed by atoms with Gasteiger partial charge in [0.25, 0.3) is 5.91 Å². The van der Waals surface area contributed by atoms with Gasteiger partial charge in [-0.3, -0.25) is 4.79 Å². The zero-order valence-electron chi connectivity index (χ0n) is 16.4. The molecule has 3 rings (SSSR count). The maximum atomic E-state index is 12.6. The van der Waals surface area contributed by atoms with E-state index in [2.05, 4.69) is 43.7 Å². The summed E-state index contributed by atoms with van der Waals surface area (Å²) >= 11 is 0. The van der Waals surface area contributed by atoms with Gasteiger partial charge in [0, 0.05) is 23.1 Å². The van der Waals surface area contributed by atoms with Crippen LogP contribution < -0.4 is 15.0 Å². The minimum Gasteiger partial charge on any atom is -0.494 e. The predicted molar refractivity (Wildman–Crippen MR) is 106 cm³/mol. The number of carbonyl (C=O) groups is 1. The van der Waals surface area contributed by atoms with Crippen LogP contribution in [0.3, 0.4) is 0 Å². The number of rotatable bonds is 7. The monoisotopic (exact) mass is 367 g/mol. The van der Waals surface area contributed by atoms with Crippen molar-refractivity contribution in [2.24, 2.45) is 0 Å². The normalized spacial score (nSPS) is 11.1. The molecule has 0 radical (unpaired) electrons. The molecule has 0 spiro atoms. The first-order valence-corrected chi connectivity index (χ1v) is 9.29. The fourth-order valence-corrected chi connectivity index (χ4v) is 3.12. The SMILES string of the molecule is CCOc1ccc2oc(C(=O)NCc3ccc(C[NH+](C)C)cc3)c(C)c2c1. The average molecular weight is 367 g/mol. The lowest BCUT2D eigenvalue weighted by atomic mass is 10.1. The zero-order chi connectivity index (χ0) is 19.4. The van der Waals surface area contributed by atoms with Crippen LogP contribution >= 0.6 is 0 Å². The number of hydrogen-bond acceptors (Lipinski definition) is 3. The Morgan fingerprint density at radius 2 is 1.81 bits per heavy atom. The van der Waals surface area contributed by atoms with Crippen LogP contribution in [-0.2, 0) is 13.1 Å². The van der Waals surface area contributed by atoms with Crippen LogP contribution in [0.15, 0.2) is 46.9 Å². The van der Waals surface area contributed by atoms with Gasteiger partial charge in [-0.25, -0.2) is 0 Å². The van der Waals surface area contributed by atoms with E-state index in [1.165, 1.54) is 10.5 Å². The van der Waals surface area contributed by atoms with Crippen molar-refractivity contribution in [1.29, 1.82) is 0 Å². The molecule has 0 aliphatic heterocycles. The summed E-state index contributed by atoms with van der Waals surface area (Å²) in [5, 5.41) is 3.85. The lowest BCUT2D eigenvalue weighted by Gasteiger charge is -2.08. The van der Waals surface area contributed by atoms with Gasteiger partial charge in [-0.15, -0.1) is 0 Å². The maximum absolute atomic E-state index is 12.6. The highest BCUT2D eigenvalue weighted by Crippen LogP contribution is 2.28. The molecule has 0 saturated heterocycles. The summed E-state index contributed by atoms with van der Waals surface area (Å²) in [6, 6.07) is 13.9. The number of nitrogens with one attached hydrogen (secondary N) is 2. The fraction of sp³-hybridized carbons (Fsp3) is 0.318. The van der Waals surface area contributed by atoms with Crippen LogP contribution in [0.25, 0.3) is 11.0 Å². The van der Waals surface area contributed by atoms with E-state index in [1.54, 1.807) is 0 Å². The van der Waals surface area contributed by atoms with E-state index < -0.39 is 0 Å². The zero-order valence-corrected chi connectivity index (χ0v) is 16.4. The van der Waals surface area contributed by atoms with E-state index in [1.807, 2.05) is 32.0 Å². The number of fused-ring (bicyclic) bond motifs is 1. The molecule has 3 aromatic rings. The van der Waals surface area contributed by atoms with Gasteiger partial charge in [0.05, 0.1) is 20.7 Å². The van der Waals surface area contributed by atoms with Crippen molar-refractivity contribution in [2.45, 2.75) is 26.9 Å². The van der Waals surface area contributed by atoms with E-state index in [9.17, 15) is 4.79 Å². The van der Waals surface area contributed by atoms with Crippen LogP contribution in [-0.4, -0.2) is 26.6 Å². The Morgan fingerprint density at radius 3 is 2.48 bits per heavy atom.